The molecule has 30 heavy (non-hydrogen) atoms. The summed E-state index contributed by atoms with van der Waals surface area (Å²) in [5.41, 5.74) is 5.91. The number of hydrogen-bond donors (Lipinski definition) is 1. The predicted molar refractivity (Wildman–Crippen MR) is 116 cm³/mol. The first kappa shape index (κ1) is 21.2. The van der Waals surface area contributed by atoms with Gasteiger partial charge in [-0.15, -0.1) is 4.40 Å². The van der Waals surface area contributed by atoms with Gasteiger partial charge in [0.05, 0.1) is 11.3 Å². The summed E-state index contributed by atoms with van der Waals surface area (Å²) in [7, 11) is 0. The van der Waals surface area contributed by atoms with E-state index in [4.69, 9.17) is 9.53 Å². The summed E-state index contributed by atoms with van der Waals surface area (Å²) < 4.78 is 26.4. The largest absolute Gasteiger partial charge is 0.753 e. The molecule has 4 rings (SSSR count). The van der Waals surface area contributed by atoms with Crippen LogP contribution in [0.5, 0.6) is 5.75 Å². The Morgan fingerprint density at radius 3 is 2.40 bits per heavy atom. The highest BCUT2D eigenvalue weighted by Crippen LogP contribution is 2.26. The van der Waals surface area contributed by atoms with Gasteiger partial charge in [0.2, 0.25) is 6.08 Å². The fourth-order valence-electron chi connectivity index (χ4n) is 2.91. The average molecular weight is 419 g/mol. The minimum absolute atomic E-state index is 0.589. The molecule has 0 bridgehead atoms. The molecule has 1 heterocycles. The van der Waals surface area contributed by atoms with E-state index >= 15 is 0 Å². The van der Waals surface area contributed by atoms with E-state index in [0.717, 1.165) is 23.1 Å². The highest BCUT2D eigenvalue weighted by molar-refractivity contribution is 7.77. The quantitative estimate of drug-likeness (QED) is 0.284. The van der Waals surface area contributed by atoms with E-state index in [0.29, 0.717) is 6.61 Å². The third-order valence-electron chi connectivity index (χ3n) is 4.30. The summed E-state index contributed by atoms with van der Waals surface area (Å²) in [4.78, 5) is 12.4. The Morgan fingerprint density at radius 1 is 1.03 bits per heavy atom. The van der Waals surface area contributed by atoms with Gasteiger partial charge in [0.1, 0.15) is 12.4 Å². The molecule has 0 saturated carbocycles. The maximum Gasteiger partial charge on any atom is 0.248 e. The van der Waals surface area contributed by atoms with Gasteiger partial charge in [-0.25, -0.2) is 9.00 Å². The number of isocyanates is 1. The van der Waals surface area contributed by atoms with E-state index in [1.54, 1.807) is 0 Å². The van der Waals surface area contributed by atoms with Crippen LogP contribution < -0.4 is 4.74 Å². The molecular formula is C23H19N2O4S-. The smallest absolute Gasteiger partial charge is 0.248 e. The third-order valence-corrected chi connectivity index (χ3v) is 4.53. The first-order valence-corrected chi connectivity index (χ1v) is 10.1. The van der Waals surface area contributed by atoms with Gasteiger partial charge in [-0.2, -0.15) is 0 Å². The van der Waals surface area contributed by atoms with Crippen LogP contribution in [0.3, 0.4) is 0 Å². The van der Waals surface area contributed by atoms with E-state index in [1.165, 1.54) is 22.0 Å². The zero-order valence-electron chi connectivity index (χ0n) is 16.2. The number of ether oxygens (including phenoxy) is 1. The second kappa shape index (κ2) is 10.3. The van der Waals surface area contributed by atoms with Crippen molar-refractivity contribution in [2.45, 2.75) is 13.5 Å². The second-order valence-electron chi connectivity index (χ2n) is 6.47. The monoisotopic (exact) mass is 419 g/mol. The van der Waals surface area contributed by atoms with Gasteiger partial charge in [0.25, 0.3) is 0 Å². The number of fused-ring (bicyclic) bond motifs is 1. The summed E-state index contributed by atoms with van der Waals surface area (Å²) in [6.45, 7) is 2.71. The van der Waals surface area contributed by atoms with Crippen molar-refractivity contribution < 1.29 is 18.3 Å². The Hall–Kier alpha value is -3.51. The zero-order valence-corrected chi connectivity index (χ0v) is 17.0. The van der Waals surface area contributed by atoms with Crippen molar-refractivity contribution in [1.82, 2.24) is 4.98 Å². The molecule has 4 aromatic rings. The van der Waals surface area contributed by atoms with Gasteiger partial charge in [0, 0.05) is 16.6 Å². The molecule has 1 atom stereocenters. The van der Waals surface area contributed by atoms with Crippen LogP contribution >= 0.6 is 0 Å². The average Bonchev–Trinajstić information content (AvgIpc) is 3.17. The topological polar surface area (TPSA) is 94.6 Å². The number of H-pyrrole nitrogens is 1. The first-order chi connectivity index (χ1) is 14.5. The van der Waals surface area contributed by atoms with E-state index < -0.39 is 11.3 Å². The highest BCUT2D eigenvalue weighted by Gasteiger charge is 2.04. The molecule has 0 spiro atoms. The Kier molecular flexibility index (Phi) is 7.29. The molecule has 1 aromatic heterocycles. The van der Waals surface area contributed by atoms with Crippen LogP contribution in [0.25, 0.3) is 22.2 Å². The van der Waals surface area contributed by atoms with Crippen LogP contribution in [-0.2, 0) is 22.7 Å². The van der Waals surface area contributed by atoms with Crippen molar-refractivity contribution in [3.05, 3.63) is 90.0 Å². The summed E-state index contributed by atoms with van der Waals surface area (Å²) in [5, 5.41) is 1.24. The van der Waals surface area contributed by atoms with Crippen LogP contribution in [0.1, 0.15) is 11.1 Å². The molecule has 0 aliphatic heterocycles. The minimum Gasteiger partial charge on any atom is -0.753 e. The maximum absolute atomic E-state index is 9.17. The van der Waals surface area contributed by atoms with Crippen molar-refractivity contribution in [3.8, 4) is 17.0 Å². The van der Waals surface area contributed by atoms with Gasteiger partial charge >= 0.3 is 0 Å². The number of aromatic amines is 1. The van der Waals surface area contributed by atoms with Crippen LogP contribution in [0, 0.1) is 6.92 Å². The summed E-state index contributed by atoms with van der Waals surface area (Å²) in [6, 6.07) is 27.1. The van der Waals surface area contributed by atoms with Crippen LogP contribution in [0.2, 0.25) is 0 Å². The van der Waals surface area contributed by atoms with Crippen LogP contribution in [0.15, 0.2) is 83.3 Å². The standard InChI is InChI=1S/C22H19NO.CHNO3S/c1-16-7-12-21-19(13-16)14-22(23-21)18-8-10-20(11-9-18)24-15-17-5-3-2-4-6-17;3-1-2-6(4)5/h2-14,23H,15H2,1H3;(H,4,5)/p-1. The number of nitrogens with one attached hydrogen (secondary N) is 1. The molecule has 0 radical (unpaired) electrons. The number of aromatic nitrogens is 1. The Labute approximate surface area is 176 Å². The molecule has 1 N–H and O–H groups in total. The summed E-state index contributed by atoms with van der Waals surface area (Å²) in [6.07, 6.45) is 0.829. The van der Waals surface area contributed by atoms with Gasteiger partial charge in [-0.1, -0.05) is 42.0 Å². The van der Waals surface area contributed by atoms with Crippen molar-refractivity contribution in [2.75, 3.05) is 0 Å². The Morgan fingerprint density at radius 2 is 1.77 bits per heavy atom. The van der Waals surface area contributed by atoms with Gasteiger partial charge in [-0.05, 0) is 60.5 Å². The molecule has 3 aromatic carbocycles. The highest BCUT2D eigenvalue weighted by atomic mass is 32.2. The maximum atomic E-state index is 9.17. The molecule has 0 saturated heterocycles. The van der Waals surface area contributed by atoms with Gasteiger partial charge in [-0.3, -0.25) is 0 Å². The van der Waals surface area contributed by atoms with Crippen LogP contribution in [-0.4, -0.2) is 19.8 Å². The van der Waals surface area contributed by atoms with Gasteiger partial charge < -0.3 is 14.3 Å². The van der Waals surface area contributed by atoms with Crippen molar-refractivity contribution in [3.63, 3.8) is 0 Å². The summed E-state index contributed by atoms with van der Waals surface area (Å²) in [5.74, 6) is 0.884. The lowest BCUT2D eigenvalue weighted by Crippen LogP contribution is -1.94. The van der Waals surface area contributed by atoms with Crippen LogP contribution in [0.4, 0.5) is 0 Å². The minimum atomic E-state index is -2.61. The SMILES string of the molecule is Cc1ccc2[nH]c(-c3ccc(OCc4ccccc4)cc3)cc2c1.O=C=NS(=O)[O-]. The number of benzene rings is 3. The Bertz CT molecular complexity index is 1180. The van der Waals surface area contributed by atoms with Crippen molar-refractivity contribution >= 4 is 28.2 Å². The third kappa shape index (κ3) is 5.99. The zero-order chi connectivity index (χ0) is 21.3. The molecule has 152 valence electrons. The van der Waals surface area contributed by atoms with Crippen molar-refractivity contribution in [1.29, 1.82) is 0 Å². The lowest BCUT2D eigenvalue weighted by Gasteiger charge is -2.07. The fourth-order valence-corrected chi connectivity index (χ4v) is 2.97. The normalized spacial score (nSPS) is 11.1. The first-order valence-electron chi connectivity index (χ1n) is 9.09. The van der Waals surface area contributed by atoms with E-state index in [1.807, 2.05) is 30.3 Å². The number of carbonyl (C=O) groups excluding carboxylic acids is 1. The number of nitrogens with zero attached hydrogens (tertiary/aromatic N) is 1. The molecular weight excluding hydrogens is 400 g/mol. The second-order valence-corrected chi connectivity index (χ2v) is 7.09. The van der Waals surface area contributed by atoms with E-state index in [9.17, 15) is 8.76 Å². The Balaban J connectivity index is 0.000000377. The van der Waals surface area contributed by atoms with E-state index in [-0.39, 0.29) is 0 Å². The number of aryl methyl sites for hydroxylation is 1. The van der Waals surface area contributed by atoms with Crippen molar-refractivity contribution in [2.24, 2.45) is 4.40 Å². The predicted octanol–water partition coefficient (Wildman–Crippen LogP) is 4.84. The number of hydrogen-bond acceptors (Lipinski definition) is 4. The molecule has 0 amide bonds. The molecule has 0 fully saturated rings. The lowest BCUT2D eigenvalue weighted by atomic mass is 10.1. The molecule has 6 nitrogen and oxygen atoms in total. The van der Waals surface area contributed by atoms with Gasteiger partial charge in [0.15, 0.2) is 0 Å². The molecule has 0 aliphatic carbocycles. The molecule has 7 heteroatoms. The van der Waals surface area contributed by atoms with E-state index in [2.05, 4.69) is 64.8 Å². The lowest BCUT2D eigenvalue weighted by molar-refractivity contribution is 0.306. The summed E-state index contributed by atoms with van der Waals surface area (Å²) >= 11 is -2.61. The fraction of sp³-hybridized carbons (Fsp3) is 0.0870. The molecule has 1 unspecified atom stereocenters. The number of rotatable bonds is 5. The molecule has 0 aliphatic rings.